The van der Waals surface area contributed by atoms with E-state index in [1.54, 1.807) is 30.7 Å². The number of ether oxygens (including phenoxy) is 2. The zero-order chi connectivity index (χ0) is 25.0. The second-order valence-electron chi connectivity index (χ2n) is 8.48. The number of carbonyl (C=O) groups is 1. The SMILES string of the molecule is CCC1CCCCN1S(=O)(=O)c1ccc(C(=O)N=c2sc3cc(OC)ccc3n2CCOC)cc1. The number of rotatable bonds is 8. The molecule has 188 valence electrons. The van der Waals surface area contributed by atoms with Gasteiger partial charge >= 0.3 is 0 Å². The lowest BCUT2D eigenvalue weighted by Gasteiger charge is -2.34. The van der Waals surface area contributed by atoms with Gasteiger partial charge in [-0.05, 0) is 61.7 Å². The van der Waals surface area contributed by atoms with Gasteiger partial charge in [-0.2, -0.15) is 9.30 Å². The summed E-state index contributed by atoms with van der Waals surface area (Å²) in [7, 11) is -0.363. The van der Waals surface area contributed by atoms with Crippen LogP contribution in [0.2, 0.25) is 0 Å². The van der Waals surface area contributed by atoms with Gasteiger partial charge in [0.1, 0.15) is 5.75 Å². The summed E-state index contributed by atoms with van der Waals surface area (Å²) >= 11 is 1.39. The Morgan fingerprint density at radius 3 is 2.60 bits per heavy atom. The molecular weight excluding hydrogens is 486 g/mol. The Morgan fingerprint density at radius 1 is 1.14 bits per heavy atom. The third kappa shape index (κ3) is 5.35. The zero-order valence-electron chi connectivity index (χ0n) is 20.3. The highest BCUT2D eigenvalue weighted by Crippen LogP contribution is 2.27. The van der Waals surface area contributed by atoms with E-state index in [4.69, 9.17) is 9.47 Å². The van der Waals surface area contributed by atoms with Gasteiger partial charge in [0.15, 0.2) is 4.80 Å². The standard InChI is InChI=1S/C25H31N3O5S2/c1-4-19-7-5-6-14-28(19)35(30,31)21-11-8-18(9-12-21)24(29)26-25-27(15-16-32-2)22-13-10-20(33-3)17-23(22)34-25/h8-13,17,19H,4-7,14-16H2,1-3H3. The van der Waals surface area contributed by atoms with Crippen molar-refractivity contribution in [2.45, 2.75) is 50.1 Å². The lowest BCUT2D eigenvalue weighted by Crippen LogP contribution is -2.43. The van der Waals surface area contributed by atoms with Crippen LogP contribution in [0.4, 0.5) is 0 Å². The van der Waals surface area contributed by atoms with Gasteiger partial charge in [0, 0.05) is 31.8 Å². The van der Waals surface area contributed by atoms with Crippen molar-refractivity contribution in [1.82, 2.24) is 8.87 Å². The molecule has 0 radical (unpaired) electrons. The second kappa shape index (κ2) is 11.0. The van der Waals surface area contributed by atoms with Crippen molar-refractivity contribution in [2.75, 3.05) is 27.4 Å². The van der Waals surface area contributed by atoms with Crippen LogP contribution in [0.15, 0.2) is 52.4 Å². The van der Waals surface area contributed by atoms with E-state index < -0.39 is 15.9 Å². The predicted octanol–water partition coefficient (Wildman–Crippen LogP) is 4.05. The van der Waals surface area contributed by atoms with Gasteiger partial charge in [0.2, 0.25) is 10.0 Å². The molecular formula is C25H31N3O5S2. The van der Waals surface area contributed by atoms with Crippen LogP contribution >= 0.6 is 11.3 Å². The number of methoxy groups -OCH3 is 2. The summed E-state index contributed by atoms with van der Waals surface area (Å²) in [4.78, 5) is 18.1. The normalized spacial score (nSPS) is 17.7. The number of piperidine rings is 1. The van der Waals surface area contributed by atoms with E-state index in [-0.39, 0.29) is 10.9 Å². The molecule has 2 heterocycles. The van der Waals surface area contributed by atoms with E-state index in [0.717, 1.165) is 41.6 Å². The molecule has 0 spiro atoms. The number of aromatic nitrogens is 1. The molecule has 2 aromatic carbocycles. The molecule has 1 aromatic heterocycles. The number of amides is 1. The Kier molecular flexibility index (Phi) is 8.05. The average molecular weight is 518 g/mol. The number of benzene rings is 2. The molecule has 10 heteroatoms. The van der Waals surface area contributed by atoms with Crippen LogP contribution in [0.25, 0.3) is 10.2 Å². The van der Waals surface area contributed by atoms with E-state index in [1.807, 2.05) is 29.7 Å². The Morgan fingerprint density at radius 2 is 1.91 bits per heavy atom. The van der Waals surface area contributed by atoms with Crippen molar-refractivity contribution in [1.29, 1.82) is 0 Å². The Bertz CT molecular complexity index is 1360. The monoisotopic (exact) mass is 517 g/mol. The Labute approximate surface area is 209 Å². The number of hydrogen-bond acceptors (Lipinski definition) is 6. The molecule has 1 saturated heterocycles. The van der Waals surface area contributed by atoms with E-state index in [1.165, 1.54) is 23.5 Å². The minimum Gasteiger partial charge on any atom is -0.497 e. The molecule has 0 aliphatic carbocycles. The summed E-state index contributed by atoms with van der Waals surface area (Å²) in [6.45, 7) is 3.57. The summed E-state index contributed by atoms with van der Waals surface area (Å²) < 4.78 is 41.5. The summed E-state index contributed by atoms with van der Waals surface area (Å²) in [5.74, 6) is 0.300. The van der Waals surface area contributed by atoms with Gasteiger partial charge in [-0.3, -0.25) is 4.79 Å². The van der Waals surface area contributed by atoms with Gasteiger partial charge in [-0.15, -0.1) is 0 Å². The van der Waals surface area contributed by atoms with Crippen molar-refractivity contribution >= 4 is 37.5 Å². The molecule has 1 unspecified atom stereocenters. The summed E-state index contributed by atoms with van der Waals surface area (Å²) in [6, 6.07) is 11.8. The zero-order valence-corrected chi connectivity index (χ0v) is 21.9. The van der Waals surface area contributed by atoms with E-state index >= 15 is 0 Å². The molecule has 1 aliphatic rings. The third-order valence-electron chi connectivity index (χ3n) is 6.36. The van der Waals surface area contributed by atoms with Crippen LogP contribution in [0.5, 0.6) is 5.75 Å². The number of carbonyl (C=O) groups excluding carboxylic acids is 1. The lowest BCUT2D eigenvalue weighted by atomic mass is 10.0. The van der Waals surface area contributed by atoms with Gasteiger partial charge in [0.25, 0.3) is 5.91 Å². The number of thiazole rings is 1. The van der Waals surface area contributed by atoms with E-state index in [9.17, 15) is 13.2 Å². The molecule has 35 heavy (non-hydrogen) atoms. The van der Waals surface area contributed by atoms with Crippen molar-refractivity contribution < 1.29 is 22.7 Å². The first kappa shape index (κ1) is 25.6. The third-order valence-corrected chi connectivity index (χ3v) is 9.37. The van der Waals surface area contributed by atoms with Crippen LogP contribution in [0.1, 0.15) is 43.0 Å². The molecule has 8 nitrogen and oxygen atoms in total. The smallest absolute Gasteiger partial charge is 0.279 e. The van der Waals surface area contributed by atoms with Crippen molar-refractivity contribution in [2.24, 2.45) is 4.99 Å². The number of hydrogen-bond donors (Lipinski definition) is 0. The van der Waals surface area contributed by atoms with Gasteiger partial charge in [0.05, 0.1) is 28.8 Å². The van der Waals surface area contributed by atoms with E-state index in [0.29, 0.717) is 30.1 Å². The minimum atomic E-state index is -3.60. The Balaban J connectivity index is 1.64. The van der Waals surface area contributed by atoms with Crippen LogP contribution < -0.4 is 9.54 Å². The molecule has 4 rings (SSSR count). The van der Waals surface area contributed by atoms with Crippen LogP contribution in [-0.2, 0) is 21.3 Å². The second-order valence-corrected chi connectivity index (χ2v) is 11.4. The minimum absolute atomic E-state index is 0.0270. The molecule has 3 aromatic rings. The summed E-state index contributed by atoms with van der Waals surface area (Å²) in [6.07, 6.45) is 3.59. The maximum atomic E-state index is 13.2. The lowest BCUT2D eigenvalue weighted by molar-refractivity contribution is 0.0997. The maximum absolute atomic E-state index is 13.2. The molecule has 0 bridgehead atoms. The quantitative estimate of drug-likeness (QED) is 0.450. The first-order valence-corrected chi connectivity index (χ1v) is 14.0. The molecule has 1 atom stereocenters. The molecule has 1 aliphatic heterocycles. The van der Waals surface area contributed by atoms with Crippen molar-refractivity contribution in [3.63, 3.8) is 0 Å². The van der Waals surface area contributed by atoms with Crippen molar-refractivity contribution in [3.05, 3.63) is 52.8 Å². The first-order chi connectivity index (χ1) is 16.9. The number of fused-ring (bicyclic) bond motifs is 1. The highest BCUT2D eigenvalue weighted by molar-refractivity contribution is 7.89. The van der Waals surface area contributed by atoms with Crippen molar-refractivity contribution in [3.8, 4) is 5.75 Å². The van der Waals surface area contributed by atoms with Gasteiger partial charge < -0.3 is 14.0 Å². The molecule has 1 fully saturated rings. The van der Waals surface area contributed by atoms with Crippen LogP contribution in [0.3, 0.4) is 0 Å². The highest BCUT2D eigenvalue weighted by atomic mass is 32.2. The molecule has 0 N–H and O–H groups in total. The van der Waals surface area contributed by atoms with Gasteiger partial charge in [-0.1, -0.05) is 24.7 Å². The van der Waals surface area contributed by atoms with E-state index in [2.05, 4.69) is 4.99 Å². The highest BCUT2D eigenvalue weighted by Gasteiger charge is 2.32. The fourth-order valence-electron chi connectivity index (χ4n) is 4.42. The average Bonchev–Trinajstić information content (AvgIpc) is 3.23. The Hall–Kier alpha value is -2.53. The van der Waals surface area contributed by atoms with Crippen LogP contribution in [0, 0.1) is 0 Å². The van der Waals surface area contributed by atoms with Gasteiger partial charge in [-0.25, -0.2) is 8.42 Å². The largest absolute Gasteiger partial charge is 0.497 e. The van der Waals surface area contributed by atoms with Crippen LogP contribution in [-0.4, -0.2) is 56.6 Å². The number of nitrogens with zero attached hydrogens (tertiary/aromatic N) is 3. The molecule has 0 saturated carbocycles. The number of sulfonamides is 1. The molecule has 1 amide bonds. The fraction of sp³-hybridized carbons (Fsp3) is 0.440. The topological polar surface area (TPSA) is 90.2 Å². The fourth-order valence-corrected chi connectivity index (χ4v) is 7.27. The first-order valence-electron chi connectivity index (χ1n) is 11.8. The predicted molar refractivity (Wildman–Crippen MR) is 136 cm³/mol. The maximum Gasteiger partial charge on any atom is 0.279 e. The summed E-state index contributed by atoms with van der Waals surface area (Å²) in [5, 5.41) is 0. The summed E-state index contributed by atoms with van der Waals surface area (Å²) in [5.41, 5.74) is 1.27.